The number of fused-ring (bicyclic) bond motifs is 1. The average molecular weight is 310 g/mol. The Labute approximate surface area is 113 Å². The number of methoxy groups -OCH3 is 1. The molecule has 0 bridgehead atoms. The number of rotatable bonds is 3. The van der Waals surface area contributed by atoms with Crippen LogP contribution in [0.25, 0.3) is 10.9 Å². The number of hydrogen-bond acceptors (Lipinski definition) is 4. The lowest BCUT2D eigenvalue weighted by Crippen LogP contribution is -2.04. The standard InChI is InChI=1S/C13H12BrNO3/c1-3-18-10-6-4-5-8-11(14)9(13(16)17-2)7-15-12(8)10/h4-7H,3H2,1-2H3. The zero-order chi connectivity index (χ0) is 13.1. The van der Waals surface area contributed by atoms with Gasteiger partial charge < -0.3 is 9.47 Å². The minimum absolute atomic E-state index is 0.402. The lowest BCUT2D eigenvalue weighted by atomic mass is 10.1. The molecule has 2 rings (SSSR count). The van der Waals surface area contributed by atoms with Crippen LogP contribution in [0.3, 0.4) is 0 Å². The van der Waals surface area contributed by atoms with Crippen LogP contribution >= 0.6 is 15.9 Å². The molecule has 0 saturated carbocycles. The molecule has 1 aromatic heterocycles. The van der Waals surface area contributed by atoms with E-state index in [1.807, 2.05) is 25.1 Å². The third-order valence-corrected chi connectivity index (χ3v) is 3.35. The highest BCUT2D eigenvalue weighted by atomic mass is 79.9. The molecular weight excluding hydrogens is 298 g/mol. The first-order valence-electron chi connectivity index (χ1n) is 5.47. The normalized spacial score (nSPS) is 10.4. The van der Waals surface area contributed by atoms with E-state index in [1.165, 1.54) is 13.3 Å². The first-order valence-corrected chi connectivity index (χ1v) is 6.26. The molecule has 0 unspecified atom stereocenters. The van der Waals surface area contributed by atoms with Crippen LogP contribution in [0.4, 0.5) is 0 Å². The Morgan fingerprint density at radius 2 is 2.22 bits per heavy atom. The van der Waals surface area contributed by atoms with Crippen molar-refractivity contribution in [3.05, 3.63) is 34.4 Å². The van der Waals surface area contributed by atoms with Crippen molar-refractivity contribution in [2.24, 2.45) is 0 Å². The number of para-hydroxylation sites is 1. The molecule has 2 aromatic rings. The third-order valence-electron chi connectivity index (χ3n) is 2.50. The molecule has 0 aliphatic carbocycles. The number of pyridine rings is 1. The largest absolute Gasteiger partial charge is 0.492 e. The van der Waals surface area contributed by atoms with Crippen LogP contribution in [0.2, 0.25) is 0 Å². The van der Waals surface area contributed by atoms with Gasteiger partial charge in [0.05, 0.1) is 19.3 Å². The van der Waals surface area contributed by atoms with Gasteiger partial charge in [-0.1, -0.05) is 12.1 Å². The number of benzene rings is 1. The summed E-state index contributed by atoms with van der Waals surface area (Å²) in [4.78, 5) is 15.8. The SMILES string of the molecule is CCOc1cccc2c(Br)c(C(=O)OC)cnc12. The maximum atomic E-state index is 11.6. The van der Waals surface area contributed by atoms with E-state index < -0.39 is 5.97 Å². The Hall–Kier alpha value is -1.62. The summed E-state index contributed by atoms with van der Waals surface area (Å²) >= 11 is 3.41. The van der Waals surface area contributed by atoms with Crippen molar-refractivity contribution in [3.8, 4) is 5.75 Å². The van der Waals surface area contributed by atoms with Crippen LogP contribution in [0.1, 0.15) is 17.3 Å². The molecule has 0 aliphatic heterocycles. The summed E-state index contributed by atoms with van der Waals surface area (Å²) in [7, 11) is 1.34. The summed E-state index contributed by atoms with van der Waals surface area (Å²) in [5, 5.41) is 0.823. The van der Waals surface area contributed by atoms with Gasteiger partial charge in [0.1, 0.15) is 11.3 Å². The first kappa shape index (κ1) is 12.8. The van der Waals surface area contributed by atoms with Gasteiger partial charge >= 0.3 is 5.97 Å². The molecule has 1 heterocycles. The van der Waals surface area contributed by atoms with Gasteiger partial charge in [-0.3, -0.25) is 4.98 Å². The maximum absolute atomic E-state index is 11.6. The van der Waals surface area contributed by atoms with Crippen molar-refractivity contribution in [2.45, 2.75) is 6.92 Å². The van der Waals surface area contributed by atoms with Gasteiger partial charge in [-0.2, -0.15) is 0 Å². The summed E-state index contributed by atoms with van der Waals surface area (Å²) in [5.74, 6) is 0.283. The number of esters is 1. The van der Waals surface area contributed by atoms with E-state index in [2.05, 4.69) is 20.9 Å². The lowest BCUT2D eigenvalue weighted by molar-refractivity contribution is 0.0599. The molecule has 0 radical (unpaired) electrons. The van der Waals surface area contributed by atoms with E-state index in [0.29, 0.717) is 22.4 Å². The summed E-state index contributed by atoms with van der Waals surface area (Å²) in [6.45, 7) is 2.48. The van der Waals surface area contributed by atoms with Gasteiger partial charge in [0.25, 0.3) is 0 Å². The average Bonchev–Trinajstić information content (AvgIpc) is 2.39. The van der Waals surface area contributed by atoms with Gasteiger partial charge in [0.2, 0.25) is 0 Å². The van der Waals surface area contributed by atoms with Gasteiger partial charge in [-0.05, 0) is 28.9 Å². The van der Waals surface area contributed by atoms with Crippen LogP contribution in [0.5, 0.6) is 5.75 Å². The second-order valence-electron chi connectivity index (χ2n) is 3.56. The van der Waals surface area contributed by atoms with Crippen LogP contribution in [0, 0.1) is 0 Å². The van der Waals surface area contributed by atoms with Crippen molar-refractivity contribution in [1.82, 2.24) is 4.98 Å². The van der Waals surface area contributed by atoms with Crippen molar-refractivity contribution in [1.29, 1.82) is 0 Å². The van der Waals surface area contributed by atoms with E-state index in [4.69, 9.17) is 9.47 Å². The molecule has 18 heavy (non-hydrogen) atoms. The number of ether oxygens (including phenoxy) is 2. The highest BCUT2D eigenvalue weighted by Gasteiger charge is 2.15. The fraction of sp³-hybridized carbons (Fsp3) is 0.231. The van der Waals surface area contributed by atoms with Gasteiger partial charge in [-0.15, -0.1) is 0 Å². The summed E-state index contributed by atoms with van der Waals surface area (Å²) in [5.41, 5.74) is 1.12. The molecule has 1 aromatic carbocycles. The van der Waals surface area contributed by atoms with E-state index in [9.17, 15) is 4.79 Å². The first-order chi connectivity index (χ1) is 8.69. The van der Waals surface area contributed by atoms with Crippen LogP contribution < -0.4 is 4.74 Å². The van der Waals surface area contributed by atoms with Crippen molar-refractivity contribution < 1.29 is 14.3 Å². The van der Waals surface area contributed by atoms with Crippen LogP contribution in [-0.2, 0) is 4.74 Å². The molecule has 0 aliphatic rings. The van der Waals surface area contributed by atoms with E-state index in [1.54, 1.807) is 0 Å². The molecule has 0 saturated heterocycles. The molecule has 94 valence electrons. The predicted molar refractivity (Wildman–Crippen MR) is 72.0 cm³/mol. The molecule has 4 nitrogen and oxygen atoms in total. The number of aromatic nitrogens is 1. The number of carbonyl (C=O) groups excluding carboxylic acids is 1. The Bertz CT molecular complexity index is 598. The Morgan fingerprint density at radius 3 is 2.89 bits per heavy atom. The molecule has 0 spiro atoms. The second-order valence-corrected chi connectivity index (χ2v) is 4.36. The number of nitrogens with zero attached hydrogens (tertiary/aromatic N) is 1. The van der Waals surface area contributed by atoms with Crippen LogP contribution in [0.15, 0.2) is 28.9 Å². The van der Waals surface area contributed by atoms with Gasteiger partial charge in [-0.25, -0.2) is 4.79 Å². The highest BCUT2D eigenvalue weighted by molar-refractivity contribution is 9.10. The molecule has 0 fully saturated rings. The van der Waals surface area contributed by atoms with Crippen molar-refractivity contribution in [3.63, 3.8) is 0 Å². The molecule has 0 N–H and O–H groups in total. The fourth-order valence-corrected chi connectivity index (χ4v) is 2.27. The topological polar surface area (TPSA) is 48.4 Å². The highest BCUT2D eigenvalue weighted by Crippen LogP contribution is 2.31. The predicted octanol–water partition coefficient (Wildman–Crippen LogP) is 3.18. The zero-order valence-electron chi connectivity index (χ0n) is 10.1. The maximum Gasteiger partial charge on any atom is 0.340 e. The lowest BCUT2D eigenvalue weighted by Gasteiger charge is -2.09. The van der Waals surface area contributed by atoms with Crippen molar-refractivity contribution in [2.75, 3.05) is 13.7 Å². The third kappa shape index (κ3) is 2.18. The minimum atomic E-state index is -0.418. The van der Waals surface area contributed by atoms with Crippen LogP contribution in [-0.4, -0.2) is 24.7 Å². The second kappa shape index (κ2) is 5.35. The molecule has 5 heteroatoms. The fourth-order valence-electron chi connectivity index (χ4n) is 1.69. The number of halogens is 1. The minimum Gasteiger partial charge on any atom is -0.492 e. The Balaban J connectivity index is 2.65. The molecule has 0 atom stereocenters. The van der Waals surface area contributed by atoms with E-state index >= 15 is 0 Å². The monoisotopic (exact) mass is 309 g/mol. The van der Waals surface area contributed by atoms with Gasteiger partial charge in [0, 0.05) is 16.1 Å². The van der Waals surface area contributed by atoms with E-state index in [-0.39, 0.29) is 0 Å². The molecule has 0 amide bonds. The Kier molecular flexibility index (Phi) is 3.81. The zero-order valence-corrected chi connectivity index (χ0v) is 11.7. The quantitative estimate of drug-likeness (QED) is 0.817. The van der Waals surface area contributed by atoms with E-state index in [0.717, 1.165) is 10.9 Å². The van der Waals surface area contributed by atoms with Gasteiger partial charge in [0.15, 0.2) is 0 Å². The smallest absolute Gasteiger partial charge is 0.340 e. The number of carbonyl (C=O) groups is 1. The Morgan fingerprint density at radius 1 is 1.44 bits per heavy atom. The summed E-state index contributed by atoms with van der Waals surface area (Å²) in [6, 6.07) is 5.59. The summed E-state index contributed by atoms with van der Waals surface area (Å²) < 4.78 is 10.9. The van der Waals surface area contributed by atoms with Crippen molar-refractivity contribution >= 4 is 32.8 Å². The number of hydrogen-bond donors (Lipinski definition) is 0. The summed E-state index contributed by atoms with van der Waals surface area (Å²) in [6.07, 6.45) is 1.49. The molecular formula is C13H12BrNO3.